The quantitative estimate of drug-likeness (QED) is 0.328. The van der Waals surface area contributed by atoms with Gasteiger partial charge in [-0.3, -0.25) is 4.79 Å². The number of carbonyl (C=O) groups is 2. The molecule has 0 aliphatic heterocycles. The number of amides is 1. The first-order valence-electron chi connectivity index (χ1n) is 12.2. The fourth-order valence-corrected chi connectivity index (χ4v) is 4.58. The summed E-state index contributed by atoms with van der Waals surface area (Å²) in [5.41, 5.74) is 3.77. The number of ether oxygens (including phenoxy) is 2. The van der Waals surface area contributed by atoms with Gasteiger partial charge in [-0.25, -0.2) is 4.79 Å². The number of benzene rings is 2. The number of rotatable bonds is 11. The summed E-state index contributed by atoms with van der Waals surface area (Å²) in [7, 11) is 1.46. The first-order chi connectivity index (χ1) is 16.1. The van der Waals surface area contributed by atoms with Gasteiger partial charge in [-0.2, -0.15) is 0 Å². The van der Waals surface area contributed by atoms with E-state index in [-0.39, 0.29) is 12.1 Å². The maximum atomic E-state index is 11.8. The Morgan fingerprint density at radius 1 is 0.909 bits per heavy atom. The molecule has 1 saturated carbocycles. The van der Waals surface area contributed by atoms with E-state index in [4.69, 9.17) is 9.47 Å². The molecule has 1 aliphatic rings. The number of methoxy groups -OCH3 is 1. The average Bonchev–Trinajstić information content (AvgIpc) is 2.87. The molecule has 1 fully saturated rings. The zero-order valence-electron chi connectivity index (χ0n) is 19.8. The maximum absolute atomic E-state index is 11.8. The van der Waals surface area contributed by atoms with Crippen LogP contribution in [0.3, 0.4) is 0 Å². The van der Waals surface area contributed by atoms with Crippen LogP contribution >= 0.6 is 0 Å². The summed E-state index contributed by atoms with van der Waals surface area (Å²) in [5.74, 6) is 1.20. The number of carbonyl (C=O) groups excluding carboxylic acids is 2. The fraction of sp³-hybridized carbons (Fsp3) is 0.500. The highest BCUT2D eigenvalue weighted by atomic mass is 16.5. The highest BCUT2D eigenvalue weighted by Crippen LogP contribution is 2.37. The molecule has 178 valence electrons. The molecule has 0 spiro atoms. The lowest BCUT2D eigenvalue weighted by Gasteiger charge is -2.28. The SMILES string of the molecule is COC(=O)CCC1CCC(c2ccc(CCCCNC(=O)OCc3ccccc3)cc2)CC1. The minimum atomic E-state index is -0.358. The Balaban J connectivity index is 1.27. The van der Waals surface area contributed by atoms with Crippen LogP contribution in [0, 0.1) is 5.92 Å². The molecule has 5 heteroatoms. The second-order valence-corrected chi connectivity index (χ2v) is 9.02. The van der Waals surface area contributed by atoms with E-state index in [1.807, 2.05) is 30.3 Å². The van der Waals surface area contributed by atoms with Gasteiger partial charge in [0.25, 0.3) is 0 Å². The second kappa shape index (κ2) is 13.7. The van der Waals surface area contributed by atoms with E-state index in [0.29, 0.717) is 31.4 Å². The third-order valence-electron chi connectivity index (χ3n) is 6.66. The first kappa shape index (κ1) is 24.8. The van der Waals surface area contributed by atoms with Gasteiger partial charge in [-0.1, -0.05) is 54.6 Å². The lowest BCUT2D eigenvalue weighted by molar-refractivity contribution is -0.141. The molecule has 5 nitrogen and oxygen atoms in total. The lowest BCUT2D eigenvalue weighted by Crippen LogP contribution is -2.25. The molecule has 1 amide bonds. The van der Waals surface area contributed by atoms with Crippen molar-refractivity contribution in [3.05, 3.63) is 71.3 Å². The molecule has 0 aromatic heterocycles. The maximum Gasteiger partial charge on any atom is 0.407 e. The summed E-state index contributed by atoms with van der Waals surface area (Å²) < 4.78 is 9.99. The van der Waals surface area contributed by atoms with E-state index in [1.54, 1.807) is 0 Å². The van der Waals surface area contributed by atoms with Crippen LogP contribution in [0.15, 0.2) is 54.6 Å². The Morgan fingerprint density at radius 2 is 1.64 bits per heavy atom. The van der Waals surface area contributed by atoms with Crippen molar-refractivity contribution in [1.29, 1.82) is 0 Å². The zero-order chi connectivity index (χ0) is 23.3. The lowest BCUT2D eigenvalue weighted by atomic mass is 9.77. The summed E-state index contributed by atoms with van der Waals surface area (Å²) in [5, 5.41) is 2.83. The molecule has 33 heavy (non-hydrogen) atoms. The van der Waals surface area contributed by atoms with E-state index in [2.05, 4.69) is 29.6 Å². The Kier molecular flexibility index (Phi) is 10.3. The van der Waals surface area contributed by atoms with Crippen molar-refractivity contribution < 1.29 is 19.1 Å². The average molecular weight is 452 g/mol. The van der Waals surface area contributed by atoms with Crippen LogP contribution in [0.1, 0.15) is 74.0 Å². The van der Waals surface area contributed by atoms with Crippen molar-refractivity contribution in [2.45, 2.75) is 70.3 Å². The van der Waals surface area contributed by atoms with Crippen molar-refractivity contribution in [1.82, 2.24) is 5.32 Å². The predicted octanol–water partition coefficient (Wildman–Crippen LogP) is 6.16. The summed E-state index contributed by atoms with van der Waals surface area (Å²) in [6, 6.07) is 18.8. The number of unbranched alkanes of at least 4 members (excludes halogenated alkanes) is 1. The van der Waals surface area contributed by atoms with E-state index in [9.17, 15) is 9.59 Å². The highest BCUT2D eigenvalue weighted by molar-refractivity contribution is 5.69. The van der Waals surface area contributed by atoms with Crippen LogP contribution < -0.4 is 5.32 Å². The van der Waals surface area contributed by atoms with Gasteiger partial charge in [0.15, 0.2) is 0 Å². The number of aryl methyl sites for hydroxylation is 1. The minimum Gasteiger partial charge on any atom is -0.469 e. The Bertz CT molecular complexity index is 842. The number of nitrogens with one attached hydrogen (secondary N) is 1. The van der Waals surface area contributed by atoms with E-state index < -0.39 is 0 Å². The minimum absolute atomic E-state index is 0.0912. The number of hydrogen-bond donors (Lipinski definition) is 1. The Hall–Kier alpha value is -2.82. The molecule has 2 aromatic carbocycles. The van der Waals surface area contributed by atoms with Gasteiger partial charge < -0.3 is 14.8 Å². The van der Waals surface area contributed by atoms with E-state index in [1.165, 1.54) is 43.9 Å². The van der Waals surface area contributed by atoms with Crippen molar-refractivity contribution in [2.75, 3.05) is 13.7 Å². The van der Waals surface area contributed by atoms with Crippen LogP contribution in [0.5, 0.6) is 0 Å². The van der Waals surface area contributed by atoms with Crippen molar-refractivity contribution in [3.8, 4) is 0 Å². The van der Waals surface area contributed by atoms with Crippen molar-refractivity contribution in [2.24, 2.45) is 5.92 Å². The molecule has 0 heterocycles. The summed E-state index contributed by atoms with van der Waals surface area (Å²) in [6.07, 6.45) is 8.93. The Morgan fingerprint density at radius 3 is 2.33 bits per heavy atom. The fourth-order valence-electron chi connectivity index (χ4n) is 4.58. The molecule has 3 rings (SSSR count). The molecule has 0 unspecified atom stereocenters. The van der Waals surface area contributed by atoms with Crippen LogP contribution in [0.25, 0.3) is 0 Å². The summed E-state index contributed by atoms with van der Waals surface area (Å²) in [4.78, 5) is 23.1. The normalized spacial score (nSPS) is 17.8. The highest BCUT2D eigenvalue weighted by Gasteiger charge is 2.22. The van der Waals surface area contributed by atoms with Gasteiger partial charge in [0, 0.05) is 13.0 Å². The van der Waals surface area contributed by atoms with Gasteiger partial charge in [-0.15, -0.1) is 0 Å². The molecule has 2 aromatic rings. The summed E-state index contributed by atoms with van der Waals surface area (Å²) >= 11 is 0. The van der Waals surface area contributed by atoms with Gasteiger partial charge in [0.2, 0.25) is 0 Å². The van der Waals surface area contributed by atoms with Gasteiger partial charge in [-0.05, 0) is 79.9 Å². The zero-order valence-corrected chi connectivity index (χ0v) is 19.8. The van der Waals surface area contributed by atoms with E-state index >= 15 is 0 Å². The molecule has 1 N–H and O–H groups in total. The van der Waals surface area contributed by atoms with Gasteiger partial charge in [0.1, 0.15) is 6.61 Å². The summed E-state index contributed by atoms with van der Waals surface area (Å²) in [6.45, 7) is 0.930. The molecule has 0 saturated heterocycles. The van der Waals surface area contributed by atoms with Crippen molar-refractivity contribution in [3.63, 3.8) is 0 Å². The first-order valence-corrected chi connectivity index (χ1v) is 12.2. The molecular weight excluding hydrogens is 414 g/mol. The van der Waals surface area contributed by atoms with Crippen LogP contribution in [-0.2, 0) is 27.3 Å². The number of alkyl carbamates (subject to hydrolysis) is 1. The van der Waals surface area contributed by atoms with Gasteiger partial charge >= 0.3 is 12.1 Å². The largest absolute Gasteiger partial charge is 0.469 e. The number of hydrogen-bond acceptors (Lipinski definition) is 4. The standard InChI is InChI=1S/C28H37NO4/c1-32-27(30)19-14-23-12-17-26(18-13-23)25-15-10-22(11-16-25)7-5-6-20-29-28(31)33-21-24-8-3-2-4-9-24/h2-4,8-11,15-16,23,26H,5-7,12-14,17-21H2,1H3,(H,29,31). The van der Waals surface area contributed by atoms with Crippen LogP contribution in [0.2, 0.25) is 0 Å². The topological polar surface area (TPSA) is 64.6 Å². The van der Waals surface area contributed by atoms with Crippen LogP contribution in [0.4, 0.5) is 4.79 Å². The van der Waals surface area contributed by atoms with Crippen molar-refractivity contribution >= 4 is 12.1 Å². The number of esters is 1. The van der Waals surface area contributed by atoms with Gasteiger partial charge in [0.05, 0.1) is 7.11 Å². The third kappa shape index (κ3) is 8.91. The van der Waals surface area contributed by atoms with Crippen LogP contribution in [-0.4, -0.2) is 25.7 Å². The predicted molar refractivity (Wildman–Crippen MR) is 130 cm³/mol. The molecule has 0 bridgehead atoms. The second-order valence-electron chi connectivity index (χ2n) is 9.02. The molecular formula is C28H37NO4. The monoisotopic (exact) mass is 451 g/mol. The molecule has 1 aliphatic carbocycles. The smallest absolute Gasteiger partial charge is 0.407 e. The third-order valence-corrected chi connectivity index (χ3v) is 6.66. The molecule has 0 atom stereocenters. The van der Waals surface area contributed by atoms with E-state index in [0.717, 1.165) is 31.2 Å². The Labute approximate surface area is 197 Å². The molecule has 0 radical (unpaired) electrons.